The van der Waals surface area contributed by atoms with Gasteiger partial charge in [0, 0.05) is 25.4 Å². The largest absolute Gasteiger partial charge is 0.391 e. The predicted octanol–water partition coefficient (Wildman–Crippen LogP) is 3.37. The first-order valence-electron chi connectivity index (χ1n) is 6.27. The molecule has 0 aliphatic carbocycles. The van der Waals surface area contributed by atoms with Crippen LogP contribution >= 0.6 is 11.6 Å². The molecule has 0 N–H and O–H groups in total. The minimum absolute atomic E-state index is 0.314. The lowest BCUT2D eigenvalue weighted by molar-refractivity contribution is -0.141. The fourth-order valence-corrected chi connectivity index (χ4v) is 2.66. The lowest BCUT2D eigenvalue weighted by atomic mass is 10.2. The Morgan fingerprint density at radius 1 is 1.35 bits per heavy atom. The molecule has 0 amide bonds. The lowest BCUT2D eigenvalue weighted by Gasteiger charge is -2.19. The maximum absolute atomic E-state index is 12.6. The Hall–Kier alpha value is -1.24. The molecular formula is C12H16ClF3N4. The van der Waals surface area contributed by atoms with E-state index in [1.165, 1.54) is 6.92 Å². The van der Waals surface area contributed by atoms with E-state index in [2.05, 4.69) is 10.1 Å². The summed E-state index contributed by atoms with van der Waals surface area (Å²) in [5.41, 5.74) is 1.96. The van der Waals surface area contributed by atoms with Gasteiger partial charge in [0.1, 0.15) is 11.3 Å². The van der Waals surface area contributed by atoms with Crippen molar-refractivity contribution >= 4 is 22.8 Å². The van der Waals surface area contributed by atoms with E-state index in [0.717, 1.165) is 0 Å². The van der Waals surface area contributed by atoms with E-state index in [1.54, 1.807) is 23.2 Å². The Kier molecular flexibility index (Phi) is 4.00. The van der Waals surface area contributed by atoms with Crippen molar-refractivity contribution in [2.24, 2.45) is 7.05 Å². The number of aryl methyl sites for hydroxylation is 3. The fourth-order valence-electron chi connectivity index (χ4n) is 2.49. The second-order valence-electron chi connectivity index (χ2n) is 4.89. The van der Waals surface area contributed by atoms with E-state index in [9.17, 15) is 13.2 Å². The molecule has 1 atom stereocenters. The molecule has 0 aliphatic rings. The van der Waals surface area contributed by atoms with Crippen LogP contribution in [0.25, 0.3) is 11.2 Å². The third-order valence-electron chi connectivity index (χ3n) is 3.19. The zero-order valence-electron chi connectivity index (χ0n) is 11.5. The monoisotopic (exact) mass is 308 g/mol. The summed E-state index contributed by atoms with van der Waals surface area (Å²) in [6, 6.07) is -0.743. The smallest absolute Gasteiger partial charge is 0.310 e. The van der Waals surface area contributed by atoms with Gasteiger partial charge in [0.25, 0.3) is 0 Å². The van der Waals surface area contributed by atoms with Crippen molar-refractivity contribution in [3.8, 4) is 0 Å². The average Bonchev–Trinajstić information content (AvgIpc) is 2.77. The maximum atomic E-state index is 12.6. The highest BCUT2D eigenvalue weighted by Crippen LogP contribution is 2.31. The SMILES string of the molecule is Cc1nn(C)c2c1nc(CCCl)n2C(C)CC(F)(F)F. The average molecular weight is 309 g/mol. The summed E-state index contributed by atoms with van der Waals surface area (Å²) in [7, 11) is 1.71. The Morgan fingerprint density at radius 3 is 2.55 bits per heavy atom. The minimum atomic E-state index is -4.22. The summed E-state index contributed by atoms with van der Waals surface area (Å²) in [4.78, 5) is 4.40. The number of halogens is 4. The number of imidazole rings is 1. The van der Waals surface area contributed by atoms with Gasteiger partial charge >= 0.3 is 6.18 Å². The van der Waals surface area contributed by atoms with E-state index in [4.69, 9.17) is 11.6 Å². The van der Waals surface area contributed by atoms with Crippen molar-refractivity contribution in [1.29, 1.82) is 0 Å². The zero-order valence-corrected chi connectivity index (χ0v) is 12.3. The van der Waals surface area contributed by atoms with Gasteiger partial charge < -0.3 is 4.57 Å². The number of aromatic nitrogens is 4. The highest BCUT2D eigenvalue weighted by Gasteiger charge is 2.33. The van der Waals surface area contributed by atoms with Crippen LogP contribution < -0.4 is 0 Å². The third-order valence-corrected chi connectivity index (χ3v) is 3.38. The van der Waals surface area contributed by atoms with Crippen LogP contribution in [0.2, 0.25) is 0 Å². The molecule has 0 aliphatic heterocycles. The van der Waals surface area contributed by atoms with Crippen molar-refractivity contribution in [3.05, 3.63) is 11.5 Å². The lowest BCUT2D eigenvalue weighted by Crippen LogP contribution is -2.19. The fraction of sp³-hybridized carbons (Fsp3) is 0.667. The van der Waals surface area contributed by atoms with Gasteiger partial charge in [-0.1, -0.05) is 0 Å². The van der Waals surface area contributed by atoms with Crippen LogP contribution in [-0.2, 0) is 13.5 Å². The van der Waals surface area contributed by atoms with Crippen LogP contribution in [0.5, 0.6) is 0 Å². The molecule has 0 radical (unpaired) electrons. The second-order valence-corrected chi connectivity index (χ2v) is 5.26. The van der Waals surface area contributed by atoms with Crippen molar-refractivity contribution in [2.45, 2.75) is 38.9 Å². The Balaban J connectivity index is 2.55. The number of hydrogen-bond acceptors (Lipinski definition) is 2. The number of rotatable bonds is 4. The topological polar surface area (TPSA) is 35.6 Å². The first kappa shape index (κ1) is 15.2. The van der Waals surface area contributed by atoms with E-state index in [-0.39, 0.29) is 0 Å². The highest BCUT2D eigenvalue weighted by molar-refractivity contribution is 6.17. The van der Waals surface area contributed by atoms with E-state index in [1.807, 2.05) is 0 Å². The molecule has 0 bridgehead atoms. The number of hydrogen-bond donors (Lipinski definition) is 0. The molecule has 112 valence electrons. The van der Waals surface area contributed by atoms with Gasteiger partial charge in [-0.15, -0.1) is 11.6 Å². The summed E-state index contributed by atoms with van der Waals surface area (Å²) in [5.74, 6) is 0.886. The quantitative estimate of drug-likeness (QED) is 0.812. The first-order chi connectivity index (χ1) is 9.24. The molecule has 2 aromatic rings. The van der Waals surface area contributed by atoms with Crippen LogP contribution in [0, 0.1) is 6.92 Å². The van der Waals surface area contributed by atoms with E-state index in [0.29, 0.717) is 35.0 Å². The van der Waals surface area contributed by atoms with Gasteiger partial charge in [-0.2, -0.15) is 18.3 Å². The molecule has 0 spiro atoms. The molecule has 0 aromatic carbocycles. The molecule has 0 saturated heterocycles. The summed E-state index contributed by atoms with van der Waals surface area (Å²) in [5, 5.41) is 4.21. The standard InChI is InChI=1S/C12H16ClF3N4/c1-7(6-12(14,15)16)20-9(4-5-13)17-10-8(2)18-19(3)11(10)20/h7H,4-6H2,1-3H3. The molecule has 2 aromatic heterocycles. The Labute approximate surface area is 119 Å². The Morgan fingerprint density at radius 2 is 2.00 bits per heavy atom. The highest BCUT2D eigenvalue weighted by atomic mass is 35.5. The summed E-state index contributed by atoms with van der Waals surface area (Å²) in [6.45, 7) is 3.33. The van der Waals surface area contributed by atoms with Crippen LogP contribution in [0.15, 0.2) is 0 Å². The van der Waals surface area contributed by atoms with Crippen LogP contribution in [0.4, 0.5) is 13.2 Å². The molecule has 0 saturated carbocycles. The molecule has 4 nitrogen and oxygen atoms in total. The number of alkyl halides is 4. The van der Waals surface area contributed by atoms with Gasteiger partial charge in [0.05, 0.1) is 12.1 Å². The van der Waals surface area contributed by atoms with Gasteiger partial charge in [-0.25, -0.2) is 4.98 Å². The third kappa shape index (κ3) is 2.77. The normalized spacial score (nSPS) is 14.2. The van der Waals surface area contributed by atoms with Crippen molar-refractivity contribution < 1.29 is 13.2 Å². The van der Waals surface area contributed by atoms with E-state index < -0.39 is 18.6 Å². The van der Waals surface area contributed by atoms with Gasteiger partial charge in [-0.05, 0) is 13.8 Å². The first-order valence-corrected chi connectivity index (χ1v) is 6.81. The molecule has 2 heterocycles. The molecule has 0 fully saturated rings. The van der Waals surface area contributed by atoms with Crippen molar-refractivity contribution in [1.82, 2.24) is 19.3 Å². The maximum Gasteiger partial charge on any atom is 0.391 e. The molecule has 2 rings (SSSR count). The summed E-state index contributed by atoms with van der Waals surface area (Å²) < 4.78 is 41.1. The predicted molar refractivity (Wildman–Crippen MR) is 71.0 cm³/mol. The van der Waals surface area contributed by atoms with Gasteiger partial charge in [0.15, 0.2) is 5.65 Å². The second kappa shape index (κ2) is 5.27. The summed E-state index contributed by atoms with van der Waals surface area (Å²) >= 11 is 5.72. The Bertz CT molecular complexity index is 614. The van der Waals surface area contributed by atoms with Crippen molar-refractivity contribution in [3.63, 3.8) is 0 Å². The number of fused-ring (bicyclic) bond motifs is 1. The minimum Gasteiger partial charge on any atom is -0.310 e. The van der Waals surface area contributed by atoms with Crippen LogP contribution in [0.1, 0.15) is 30.9 Å². The van der Waals surface area contributed by atoms with Crippen molar-refractivity contribution in [2.75, 3.05) is 5.88 Å². The van der Waals surface area contributed by atoms with Crippen LogP contribution in [-0.4, -0.2) is 31.4 Å². The van der Waals surface area contributed by atoms with Crippen LogP contribution in [0.3, 0.4) is 0 Å². The zero-order chi connectivity index (χ0) is 15.1. The summed E-state index contributed by atoms with van der Waals surface area (Å²) in [6.07, 6.45) is -4.70. The molecular weight excluding hydrogens is 293 g/mol. The van der Waals surface area contributed by atoms with Gasteiger partial charge in [0.2, 0.25) is 0 Å². The molecule has 20 heavy (non-hydrogen) atoms. The number of nitrogens with zero attached hydrogens (tertiary/aromatic N) is 4. The van der Waals surface area contributed by atoms with E-state index >= 15 is 0 Å². The molecule has 8 heteroatoms. The van der Waals surface area contributed by atoms with Gasteiger partial charge in [-0.3, -0.25) is 4.68 Å². The molecule has 1 unspecified atom stereocenters.